The average molecular weight is 399 g/mol. The predicted molar refractivity (Wildman–Crippen MR) is 102 cm³/mol. The molecular formula is C22H23F2N3O2. The van der Waals surface area contributed by atoms with Crippen LogP contribution in [0.4, 0.5) is 8.78 Å². The highest BCUT2D eigenvalue weighted by Gasteiger charge is 2.68. The smallest absolute Gasteiger partial charge is 0.235 e. The number of halogens is 2. The van der Waals surface area contributed by atoms with Gasteiger partial charge in [-0.05, 0) is 47.9 Å². The Hall–Kier alpha value is -2.41. The average Bonchev–Trinajstić information content (AvgIpc) is 3.02. The lowest BCUT2D eigenvalue weighted by Gasteiger charge is -2.46. The molecular weight excluding hydrogens is 376 g/mol. The summed E-state index contributed by atoms with van der Waals surface area (Å²) in [5, 5.41) is 8.57. The van der Waals surface area contributed by atoms with Gasteiger partial charge >= 0.3 is 0 Å². The number of aromatic nitrogens is 2. The minimum atomic E-state index is -0.745. The van der Waals surface area contributed by atoms with Crippen LogP contribution in [0.15, 0.2) is 24.3 Å². The van der Waals surface area contributed by atoms with Crippen LogP contribution in [0.1, 0.15) is 43.9 Å². The fourth-order valence-electron chi connectivity index (χ4n) is 5.68. The van der Waals surface area contributed by atoms with Crippen molar-refractivity contribution in [3.8, 4) is 11.3 Å². The van der Waals surface area contributed by atoms with E-state index in [0.717, 1.165) is 12.0 Å². The number of hydrogen-bond acceptors (Lipinski definition) is 4. The number of benzene rings is 1. The molecule has 7 heteroatoms. The van der Waals surface area contributed by atoms with Crippen molar-refractivity contribution in [2.75, 3.05) is 20.2 Å². The molecule has 1 aromatic carbocycles. The fourth-order valence-corrected chi connectivity index (χ4v) is 5.68. The van der Waals surface area contributed by atoms with Gasteiger partial charge < -0.3 is 9.64 Å². The minimum Gasteiger partial charge on any atom is -0.378 e. The van der Waals surface area contributed by atoms with Gasteiger partial charge in [-0.15, -0.1) is 5.10 Å². The van der Waals surface area contributed by atoms with Gasteiger partial charge in [0, 0.05) is 20.2 Å². The van der Waals surface area contributed by atoms with E-state index in [1.54, 1.807) is 13.2 Å². The van der Waals surface area contributed by atoms with E-state index in [4.69, 9.17) is 4.74 Å². The Kier molecular flexibility index (Phi) is 3.88. The van der Waals surface area contributed by atoms with Crippen LogP contribution in [0.25, 0.3) is 11.3 Å². The van der Waals surface area contributed by atoms with Crippen molar-refractivity contribution in [2.24, 2.45) is 5.41 Å². The molecule has 2 bridgehead atoms. The van der Waals surface area contributed by atoms with Crippen molar-refractivity contribution >= 4 is 5.91 Å². The summed E-state index contributed by atoms with van der Waals surface area (Å²) in [6, 6.07) is 5.49. The highest BCUT2D eigenvalue weighted by molar-refractivity contribution is 5.92. The van der Waals surface area contributed by atoms with Crippen LogP contribution in [0, 0.1) is 17.0 Å². The molecule has 1 aliphatic heterocycles. The molecule has 1 aromatic heterocycles. The van der Waals surface area contributed by atoms with Crippen LogP contribution < -0.4 is 0 Å². The SMILES string of the molecule is COC1CN(C(=O)[C@@]23CC[C@@H](c4cc(-c5c(F)cccc5F)nnc42)C3(C)C)C1. The quantitative estimate of drug-likeness (QED) is 0.794. The van der Waals surface area contributed by atoms with Gasteiger partial charge in [-0.3, -0.25) is 4.79 Å². The third-order valence-electron chi connectivity index (χ3n) is 7.43. The summed E-state index contributed by atoms with van der Waals surface area (Å²) >= 11 is 0. The molecule has 0 radical (unpaired) electrons. The first-order chi connectivity index (χ1) is 13.8. The Bertz CT molecular complexity index is 999. The van der Waals surface area contributed by atoms with Gasteiger partial charge in [-0.1, -0.05) is 19.9 Å². The molecule has 0 unspecified atom stereocenters. The lowest BCUT2D eigenvalue weighted by atomic mass is 9.67. The van der Waals surface area contributed by atoms with Crippen molar-refractivity contribution in [1.29, 1.82) is 0 Å². The second-order valence-electron chi connectivity index (χ2n) is 8.92. The van der Waals surface area contributed by atoms with Crippen LogP contribution in [-0.4, -0.2) is 47.3 Å². The Morgan fingerprint density at radius 1 is 1.21 bits per heavy atom. The molecule has 5 rings (SSSR count). The van der Waals surface area contributed by atoms with Crippen LogP contribution in [-0.2, 0) is 14.9 Å². The molecule has 2 aliphatic carbocycles. The summed E-state index contributed by atoms with van der Waals surface area (Å²) < 4.78 is 33.9. The Morgan fingerprint density at radius 2 is 1.90 bits per heavy atom. The molecule has 2 fully saturated rings. The maximum Gasteiger partial charge on any atom is 0.235 e. The highest BCUT2D eigenvalue weighted by Crippen LogP contribution is 2.68. The first kappa shape index (κ1) is 18.6. The van der Waals surface area contributed by atoms with E-state index in [9.17, 15) is 13.6 Å². The fraction of sp³-hybridized carbons (Fsp3) is 0.500. The standard InChI is InChI=1S/C22H23F2N3O2/c1-21(2)14-7-8-22(21,20(28)27-10-12(11-27)29-3)19-13(14)9-17(25-26-19)18-15(23)5-4-6-16(18)24/h4-6,9,12,14H,7-8,10-11H2,1-3H3/t14-,22+/m0/s1. The molecule has 1 saturated heterocycles. The van der Waals surface area contributed by atoms with Crippen molar-refractivity contribution in [1.82, 2.24) is 15.1 Å². The molecule has 5 nitrogen and oxygen atoms in total. The Morgan fingerprint density at radius 3 is 2.55 bits per heavy atom. The van der Waals surface area contributed by atoms with E-state index in [-0.39, 0.29) is 34.6 Å². The molecule has 29 heavy (non-hydrogen) atoms. The summed E-state index contributed by atoms with van der Waals surface area (Å²) in [6.07, 6.45) is 1.64. The van der Waals surface area contributed by atoms with Crippen LogP contribution >= 0.6 is 0 Å². The zero-order chi connectivity index (χ0) is 20.6. The first-order valence-electron chi connectivity index (χ1n) is 9.96. The summed E-state index contributed by atoms with van der Waals surface area (Å²) in [7, 11) is 1.65. The molecule has 2 atom stereocenters. The molecule has 2 aromatic rings. The van der Waals surface area contributed by atoms with Gasteiger partial charge in [0.15, 0.2) is 0 Å². The van der Waals surface area contributed by atoms with Gasteiger partial charge in [0.2, 0.25) is 5.91 Å². The van der Waals surface area contributed by atoms with Crippen LogP contribution in [0.5, 0.6) is 0 Å². The van der Waals surface area contributed by atoms with Crippen molar-refractivity contribution in [3.05, 3.63) is 47.2 Å². The molecule has 2 heterocycles. The van der Waals surface area contributed by atoms with Crippen LogP contribution in [0.2, 0.25) is 0 Å². The molecule has 3 aliphatic rings. The van der Waals surface area contributed by atoms with E-state index in [2.05, 4.69) is 24.0 Å². The van der Waals surface area contributed by atoms with E-state index in [1.165, 1.54) is 18.2 Å². The van der Waals surface area contributed by atoms with Crippen LogP contribution in [0.3, 0.4) is 0 Å². The Labute approximate surface area is 168 Å². The van der Waals surface area contributed by atoms with Crippen molar-refractivity contribution in [2.45, 2.75) is 44.1 Å². The second-order valence-corrected chi connectivity index (χ2v) is 8.92. The lowest BCUT2D eigenvalue weighted by Crippen LogP contribution is -2.61. The van der Waals surface area contributed by atoms with Crippen molar-refractivity contribution < 1.29 is 18.3 Å². The van der Waals surface area contributed by atoms with Gasteiger partial charge in [0.25, 0.3) is 0 Å². The maximum absolute atomic E-state index is 14.3. The summed E-state index contributed by atoms with van der Waals surface area (Å²) in [5.74, 6) is -1.17. The molecule has 1 amide bonds. The number of carbonyl (C=O) groups excluding carboxylic acids is 1. The zero-order valence-electron chi connectivity index (χ0n) is 16.7. The molecule has 1 saturated carbocycles. The summed E-state index contributed by atoms with van der Waals surface area (Å²) in [4.78, 5) is 15.4. The number of rotatable bonds is 3. The predicted octanol–water partition coefficient (Wildman–Crippen LogP) is 3.43. The maximum atomic E-state index is 14.3. The normalized spacial score (nSPS) is 27.1. The topological polar surface area (TPSA) is 55.3 Å². The zero-order valence-corrected chi connectivity index (χ0v) is 16.7. The number of nitrogens with zero attached hydrogens (tertiary/aromatic N) is 3. The minimum absolute atomic E-state index is 0.0659. The largest absolute Gasteiger partial charge is 0.378 e. The number of methoxy groups -OCH3 is 1. The van der Waals surface area contributed by atoms with E-state index < -0.39 is 17.0 Å². The third-order valence-corrected chi connectivity index (χ3v) is 7.43. The van der Waals surface area contributed by atoms with Gasteiger partial charge in [-0.25, -0.2) is 8.78 Å². The van der Waals surface area contributed by atoms with E-state index in [1.807, 2.05) is 4.90 Å². The number of ether oxygens (including phenoxy) is 1. The number of carbonyl (C=O) groups is 1. The number of hydrogen-bond donors (Lipinski definition) is 0. The number of amides is 1. The molecule has 152 valence electrons. The van der Waals surface area contributed by atoms with E-state index >= 15 is 0 Å². The van der Waals surface area contributed by atoms with Crippen molar-refractivity contribution in [3.63, 3.8) is 0 Å². The number of fused-ring (bicyclic) bond motifs is 5. The van der Waals surface area contributed by atoms with E-state index in [0.29, 0.717) is 25.2 Å². The van der Waals surface area contributed by atoms with Gasteiger partial charge in [-0.2, -0.15) is 5.10 Å². The molecule has 0 spiro atoms. The monoisotopic (exact) mass is 399 g/mol. The Balaban J connectivity index is 1.60. The second kappa shape index (κ2) is 6.05. The van der Waals surface area contributed by atoms with Gasteiger partial charge in [0.1, 0.15) is 11.6 Å². The third kappa shape index (κ3) is 2.25. The number of likely N-dealkylation sites (tertiary alicyclic amines) is 1. The summed E-state index contributed by atoms with van der Waals surface area (Å²) in [6.45, 7) is 5.36. The molecule has 0 N–H and O–H groups in total. The first-order valence-corrected chi connectivity index (χ1v) is 9.96. The summed E-state index contributed by atoms with van der Waals surface area (Å²) in [5.41, 5.74) is 0.482. The van der Waals surface area contributed by atoms with Gasteiger partial charge in [0.05, 0.1) is 28.5 Å². The lowest BCUT2D eigenvalue weighted by molar-refractivity contribution is -0.153. The highest BCUT2D eigenvalue weighted by atomic mass is 19.1.